The van der Waals surface area contributed by atoms with E-state index in [-0.39, 0.29) is 5.91 Å². The van der Waals surface area contributed by atoms with Crippen molar-refractivity contribution in [2.45, 2.75) is 6.92 Å². The van der Waals surface area contributed by atoms with E-state index < -0.39 is 0 Å². The SMILES string of the molecule is Cc1cc(Nc2nc(-c3cccc(C(=O)Nc4ccccc4)c3)cc3nccn23)n[nH]1. The molecular formula is C23H19N7O. The van der Waals surface area contributed by atoms with Crippen molar-refractivity contribution in [3.05, 3.63) is 90.4 Å². The van der Waals surface area contributed by atoms with E-state index in [1.807, 2.05) is 78.2 Å². The molecule has 0 aliphatic carbocycles. The summed E-state index contributed by atoms with van der Waals surface area (Å²) in [6.45, 7) is 1.93. The summed E-state index contributed by atoms with van der Waals surface area (Å²) in [6, 6.07) is 20.5. The number of amides is 1. The van der Waals surface area contributed by atoms with Crippen molar-refractivity contribution < 1.29 is 4.79 Å². The minimum Gasteiger partial charge on any atom is -0.322 e. The molecule has 0 spiro atoms. The number of para-hydroxylation sites is 1. The van der Waals surface area contributed by atoms with Crippen molar-refractivity contribution in [1.82, 2.24) is 24.6 Å². The summed E-state index contributed by atoms with van der Waals surface area (Å²) < 4.78 is 1.85. The number of carbonyl (C=O) groups excluding carboxylic acids is 1. The molecule has 5 aromatic rings. The molecule has 8 nitrogen and oxygen atoms in total. The molecule has 0 bridgehead atoms. The number of hydrogen-bond acceptors (Lipinski definition) is 5. The molecule has 0 unspecified atom stereocenters. The van der Waals surface area contributed by atoms with Crippen LogP contribution < -0.4 is 10.6 Å². The topological polar surface area (TPSA) is 100 Å². The number of nitrogens with one attached hydrogen (secondary N) is 3. The molecule has 3 heterocycles. The van der Waals surface area contributed by atoms with Crippen LogP contribution in [-0.2, 0) is 0 Å². The number of carbonyl (C=O) groups is 1. The maximum absolute atomic E-state index is 12.7. The highest BCUT2D eigenvalue weighted by Crippen LogP contribution is 2.24. The number of nitrogens with zero attached hydrogens (tertiary/aromatic N) is 4. The lowest BCUT2D eigenvalue weighted by molar-refractivity contribution is 0.102. The highest BCUT2D eigenvalue weighted by atomic mass is 16.1. The predicted octanol–water partition coefficient (Wildman–Crippen LogP) is 4.42. The summed E-state index contributed by atoms with van der Waals surface area (Å²) >= 11 is 0. The van der Waals surface area contributed by atoms with Gasteiger partial charge in [-0.15, -0.1) is 0 Å². The van der Waals surface area contributed by atoms with Crippen LogP contribution in [0, 0.1) is 6.92 Å². The Morgan fingerprint density at radius 2 is 1.90 bits per heavy atom. The van der Waals surface area contributed by atoms with E-state index in [1.54, 1.807) is 12.3 Å². The zero-order chi connectivity index (χ0) is 21.2. The molecule has 152 valence electrons. The van der Waals surface area contributed by atoms with Crippen LogP contribution in [0.2, 0.25) is 0 Å². The van der Waals surface area contributed by atoms with Gasteiger partial charge in [0.25, 0.3) is 5.91 Å². The van der Waals surface area contributed by atoms with E-state index in [0.717, 1.165) is 22.6 Å². The number of hydrogen-bond donors (Lipinski definition) is 3. The molecule has 0 radical (unpaired) electrons. The van der Waals surface area contributed by atoms with Gasteiger partial charge in [-0.1, -0.05) is 30.3 Å². The zero-order valence-electron chi connectivity index (χ0n) is 16.7. The summed E-state index contributed by atoms with van der Waals surface area (Å²) in [5.41, 5.74) is 4.48. The Morgan fingerprint density at radius 3 is 2.71 bits per heavy atom. The van der Waals surface area contributed by atoms with Crippen molar-refractivity contribution in [2.75, 3.05) is 10.6 Å². The molecule has 31 heavy (non-hydrogen) atoms. The summed E-state index contributed by atoms with van der Waals surface area (Å²) in [5.74, 6) is 1.06. The minimum absolute atomic E-state index is 0.180. The fraction of sp³-hybridized carbons (Fsp3) is 0.0435. The van der Waals surface area contributed by atoms with Crippen molar-refractivity contribution >= 4 is 29.0 Å². The van der Waals surface area contributed by atoms with Gasteiger partial charge >= 0.3 is 0 Å². The highest BCUT2D eigenvalue weighted by molar-refractivity contribution is 6.04. The van der Waals surface area contributed by atoms with E-state index in [0.29, 0.717) is 23.0 Å². The number of aromatic nitrogens is 5. The lowest BCUT2D eigenvalue weighted by Crippen LogP contribution is -2.11. The van der Waals surface area contributed by atoms with Crippen LogP contribution in [0.4, 0.5) is 17.5 Å². The predicted molar refractivity (Wildman–Crippen MR) is 119 cm³/mol. The third kappa shape index (κ3) is 3.86. The first-order valence-electron chi connectivity index (χ1n) is 9.76. The van der Waals surface area contributed by atoms with E-state index in [9.17, 15) is 4.79 Å². The Hall–Kier alpha value is -4.46. The molecule has 0 aliphatic heterocycles. The van der Waals surface area contributed by atoms with Crippen molar-refractivity contribution in [3.63, 3.8) is 0 Å². The van der Waals surface area contributed by atoms with Gasteiger partial charge in [0.1, 0.15) is 5.65 Å². The van der Waals surface area contributed by atoms with Crippen LogP contribution in [0.25, 0.3) is 16.9 Å². The van der Waals surface area contributed by atoms with Gasteiger partial charge < -0.3 is 10.6 Å². The number of H-pyrrole nitrogens is 1. The number of imidazole rings is 1. The smallest absolute Gasteiger partial charge is 0.255 e. The third-order valence-corrected chi connectivity index (χ3v) is 4.79. The van der Waals surface area contributed by atoms with Crippen LogP contribution in [0.5, 0.6) is 0 Å². The third-order valence-electron chi connectivity index (χ3n) is 4.79. The second-order valence-electron chi connectivity index (χ2n) is 7.08. The number of aryl methyl sites for hydroxylation is 1. The van der Waals surface area contributed by atoms with E-state index in [4.69, 9.17) is 4.98 Å². The van der Waals surface area contributed by atoms with Crippen molar-refractivity contribution in [2.24, 2.45) is 0 Å². The van der Waals surface area contributed by atoms with Gasteiger partial charge in [-0.05, 0) is 31.2 Å². The quantitative estimate of drug-likeness (QED) is 0.399. The molecule has 8 heteroatoms. The normalized spacial score (nSPS) is 10.9. The Kier molecular flexibility index (Phi) is 4.64. The number of anilines is 3. The number of rotatable bonds is 5. The van der Waals surface area contributed by atoms with Crippen LogP contribution >= 0.6 is 0 Å². The molecule has 3 aromatic heterocycles. The lowest BCUT2D eigenvalue weighted by atomic mass is 10.1. The first kappa shape index (κ1) is 18.6. The molecule has 5 rings (SSSR count). The number of benzene rings is 2. The van der Waals surface area contributed by atoms with Crippen molar-refractivity contribution in [3.8, 4) is 11.3 Å². The highest BCUT2D eigenvalue weighted by Gasteiger charge is 2.12. The number of aromatic amines is 1. The summed E-state index contributed by atoms with van der Waals surface area (Å²) in [6.07, 6.45) is 3.54. The second-order valence-corrected chi connectivity index (χ2v) is 7.08. The first-order valence-corrected chi connectivity index (χ1v) is 9.76. The van der Waals surface area contributed by atoms with E-state index in [1.165, 1.54) is 0 Å². The molecule has 0 saturated carbocycles. The maximum Gasteiger partial charge on any atom is 0.255 e. The zero-order valence-corrected chi connectivity index (χ0v) is 16.7. The molecule has 1 amide bonds. The fourth-order valence-electron chi connectivity index (χ4n) is 3.30. The van der Waals surface area contributed by atoms with E-state index >= 15 is 0 Å². The molecule has 2 aromatic carbocycles. The Morgan fingerprint density at radius 1 is 1.03 bits per heavy atom. The largest absolute Gasteiger partial charge is 0.322 e. The molecule has 0 saturated heterocycles. The minimum atomic E-state index is -0.180. The van der Waals surface area contributed by atoms with Gasteiger partial charge in [0.05, 0.1) is 5.69 Å². The Bertz CT molecular complexity index is 1370. The molecule has 0 atom stereocenters. The monoisotopic (exact) mass is 409 g/mol. The Balaban J connectivity index is 1.49. The molecule has 0 aliphatic rings. The first-order chi connectivity index (χ1) is 15.2. The van der Waals surface area contributed by atoms with Crippen molar-refractivity contribution in [1.29, 1.82) is 0 Å². The molecule has 0 fully saturated rings. The van der Waals surface area contributed by atoms with Crippen LogP contribution in [0.3, 0.4) is 0 Å². The van der Waals surface area contributed by atoms with E-state index in [2.05, 4.69) is 25.8 Å². The van der Waals surface area contributed by atoms with Gasteiger partial charge in [-0.25, -0.2) is 9.97 Å². The average Bonchev–Trinajstić information content (AvgIpc) is 3.43. The van der Waals surface area contributed by atoms with Crippen LogP contribution in [0.1, 0.15) is 16.1 Å². The van der Waals surface area contributed by atoms with Gasteiger partial charge in [0.15, 0.2) is 5.82 Å². The maximum atomic E-state index is 12.7. The fourth-order valence-corrected chi connectivity index (χ4v) is 3.30. The van der Waals surface area contributed by atoms with Crippen LogP contribution in [-0.4, -0.2) is 30.5 Å². The summed E-state index contributed by atoms with van der Waals surface area (Å²) in [5, 5.41) is 13.3. The summed E-state index contributed by atoms with van der Waals surface area (Å²) in [4.78, 5) is 21.9. The summed E-state index contributed by atoms with van der Waals surface area (Å²) in [7, 11) is 0. The van der Waals surface area contributed by atoms with Gasteiger partial charge in [-0.3, -0.25) is 14.3 Å². The van der Waals surface area contributed by atoms with Gasteiger partial charge in [0.2, 0.25) is 5.95 Å². The molecular weight excluding hydrogens is 390 g/mol. The number of fused-ring (bicyclic) bond motifs is 1. The van der Waals surface area contributed by atoms with Gasteiger partial charge in [-0.2, -0.15) is 5.10 Å². The average molecular weight is 409 g/mol. The Labute approximate surface area is 178 Å². The van der Waals surface area contributed by atoms with Gasteiger partial charge in [0, 0.05) is 47.0 Å². The second kappa shape index (κ2) is 7.75. The molecule has 3 N–H and O–H groups in total. The standard InChI is InChI=1S/C23H19N7O/c1-15-12-20(29-28-15)27-23-26-19(14-21-24-10-11-30(21)23)16-6-5-7-17(13-16)22(31)25-18-8-3-2-4-9-18/h2-14H,1H3,(H,25,31)(H2,26,27,28,29). The van der Waals surface area contributed by atoms with Crippen LogP contribution in [0.15, 0.2) is 79.1 Å². The lowest BCUT2D eigenvalue weighted by Gasteiger charge is -2.10.